The van der Waals surface area contributed by atoms with Gasteiger partial charge < -0.3 is 5.73 Å². The van der Waals surface area contributed by atoms with Crippen molar-refractivity contribution in [3.05, 3.63) is 36.7 Å². The first kappa shape index (κ1) is 15.2. The molecule has 0 saturated carbocycles. The van der Waals surface area contributed by atoms with Gasteiger partial charge in [0.1, 0.15) is 4.90 Å². The van der Waals surface area contributed by atoms with Crippen LogP contribution in [0.25, 0.3) is 0 Å². The van der Waals surface area contributed by atoms with Crippen LogP contribution >= 0.6 is 0 Å². The molecule has 11 heteroatoms. The summed E-state index contributed by atoms with van der Waals surface area (Å²) in [5.41, 5.74) is 5.31. The van der Waals surface area contributed by atoms with Crippen LogP contribution in [0.5, 0.6) is 0 Å². The second kappa shape index (κ2) is 5.27. The number of benzene rings is 1. The number of aromatic nitrogens is 2. The summed E-state index contributed by atoms with van der Waals surface area (Å²) in [6.07, 6.45) is 2.07. The quantitative estimate of drug-likeness (QED) is 0.682. The maximum Gasteiger partial charge on any atom is 0.264 e. The summed E-state index contributed by atoms with van der Waals surface area (Å²) in [4.78, 5) is 6.73. The van der Waals surface area contributed by atoms with Crippen molar-refractivity contribution in [3.63, 3.8) is 0 Å². The van der Waals surface area contributed by atoms with Gasteiger partial charge in [0.25, 0.3) is 10.0 Å². The molecule has 112 valence electrons. The number of sulfonamides is 2. The number of nitrogens with one attached hydrogen (secondary N) is 1. The van der Waals surface area contributed by atoms with E-state index >= 15 is 0 Å². The molecule has 21 heavy (non-hydrogen) atoms. The van der Waals surface area contributed by atoms with Gasteiger partial charge in [-0.3, -0.25) is 4.72 Å². The molecule has 0 atom stereocenters. The second-order valence-corrected chi connectivity index (χ2v) is 7.20. The third-order valence-electron chi connectivity index (χ3n) is 2.37. The molecule has 0 unspecified atom stereocenters. The topological polar surface area (TPSA) is 158 Å². The Morgan fingerprint density at radius 2 is 1.62 bits per heavy atom. The average Bonchev–Trinajstić information content (AvgIpc) is 2.38. The highest BCUT2D eigenvalue weighted by Gasteiger charge is 2.16. The van der Waals surface area contributed by atoms with Crippen LogP contribution in [0.15, 0.2) is 46.5 Å². The van der Waals surface area contributed by atoms with E-state index in [-0.39, 0.29) is 21.4 Å². The number of rotatable bonds is 4. The molecule has 0 bridgehead atoms. The van der Waals surface area contributed by atoms with Crippen molar-refractivity contribution in [2.24, 2.45) is 5.14 Å². The molecular weight excluding hydrogens is 318 g/mol. The minimum Gasteiger partial charge on any atom is -0.368 e. The van der Waals surface area contributed by atoms with E-state index in [1.54, 1.807) is 0 Å². The lowest BCUT2D eigenvalue weighted by atomic mass is 10.3. The Balaban J connectivity index is 2.35. The van der Waals surface area contributed by atoms with Crippen molar-refractivity contribution >= 4 is 31.7 Å². The predicted molar refractivity (Wildman–Crippen MR) is 75.1 cm³/mol. The largest absolute Gasteiger partial charge is 0.368 e. The number of hydrogen-bond acceptors (Lipinski definition) is 7. The van der Waals surface area contributed by atoms with Crippen molar-refractivity contribution in [2.45, 2.75) is 9.79 Å². The Morgan fingerprint density at radius 1 is 1.00 bits per heavy atom. The third kappa shape index (κ3) is 3.65. The van der Waals surface area contributed by atoms with Crippen LogP contribution in [0.1, 0.15) is 0 Å². The number of hydrogen-bond donors (Lipinski definition) is 3. The van der Waals surface area contributed by atoms with E-state index in [4.69, 9.17) is 10.9 Å². The summed E-state index contributed by atoms with van der Waals surface area (Å²) >= 11 is 0. The molecule has 1 aromatic heterocycles. The maximum atomic E-state index is 12.1. The monoisotopic (exact) mass is 329 g/mol. The van der Waals surface area contributed by atoms with Crippen LogP contribution < -0.4 is 15.6 Å². The van der Waals surface area contributed by atoms with Gasteiger partial charge in [0.2, 0.25) is 16.0 Å². The number of primary sulfonamides is 1. The predicted octanol–water partition coefficient (Wildman–Crippen LogP) is -0.493. The lowest BCUT2D eigenvalue weighted by Crippen LogP contribution is -2.16. The first-order valence-electron chi connectivity index (χ1n) is 5.42. The summed E-state index contributed by atoms with van der Waals surface area (Å²) in [6, 6.07) is 5.09. The second-order valence-electron chi connectivity index (χ2n) is 3.96. The molecule has 2 rings (SSSR count). The Labute approximate surface area is 121 Å². The van der Waals surface area contributed by atoms with Crippen molar-refractivity contribution in [1.29, 1.82) is 0 Å². The fourth-order valence-electron chi connectivity index (χ4n) is 1.42. The maximum absolute atomic E-state index is 12.1. The molecule has 0 radical (unpaired) electrons. The number of nitrogen functional groups attached to an aromatic ring is 1. The highest BCUT2D eigenvalue weighted by molar-refractivity contribution is 7.92. The number of nitrogens with two attached hydrogens (primary N) is 2. The molecule has 0 aliphatic heterocycles. The molecule has 0 spiro atoms. The van der Waals surface area contributed by atoms with Crippen molar-refractivity contribution in [1.82, 2.24) is 9.97 Å². The zero-order valence-electron chi connectivity index (χ0n) is 10.5. The van der Waals surface area contributed by atoms with Gasteiger partial charge in [-0.15, -0.1) is 0 Å². The van der Waals surface area contributed by atoms with Crippen molar-refractivity contribution < 1.29 is 16.8 Å². The first-order chi connectivity index (χ1) is 9.68. The minimum absolute atomic E-state index is 0.0401. The Morgan fingerprint density at radius 3 is 2.19 bits per heavy atom. The van der Waals surface area contributed by atoms with Crippen LogP contribution in [0.2, 0.25) is 0 Å². The van der Waals surface area contributed by atoms with Crippen LogP contribution in [-0.4, -0.2) is 26.8 Å². The summed E-state index contributed by atoms with van der Waals surface area (Å²) in [5.74, 6) is -0.0647. The lowest BCUT2D eigenvalue weighted by molar-refractivity contribution is 0.596. The average molecular weight is 329 g/mol. The molecule has 0 fully saturated rings. The molecular formula is C10H11N5O4S2. The standard InChI is InChI=1S/C10H11N5O4S2/c11-10-13-5-9(6-14-10)21(18,19)15-7-2-1-3-8(4-7)20(12,16)17/h1-6,15H,(H2,11,13,14)(H2,12,16,17). The highest BCUT2D eigenvalue weighted by Crippen LogP contribution is 2.18. The van der Waals surface area contributed by atoms with Crippen LogP contribution in [0.4, 0.5) is 11.6 Å². The van der Waals surface area contributed by atoms with E-state index in [1.165, 1.54) is 18.2 Å². The highest BCUT2D eigenvalue weighted by atomic mass is 32.2. The van der Waals surface area contributed by atoms with Gasteiger partial charge in [-0.25, -0.2) is 31.9 Å². The molecule has 0 aliphatic carbocycles. The molecule has 0 amide bonds. The Kier molecular flexibility index (Phi) is 3.80. The van der Waals surface area contributed by atoms with Crippen molar-refractivity contribution in [2.75, 3.05) is 10.5 Å². The Bertz CT molecular complexity index is 863. The van der Waals surface area contributed by atoms with Gasteiger partial charge in [0, 0.05) is 0 Å². The van der Waals surface area contributed by atoms with Gasteiger partial charge in [0.15, 0.2) is 0 Å². The summed E-state index contributed by atoms with van der Waals surface area (Å²) in [6.45, 7) is 0. The molecule has 0 saturated heterocycles. The van der Waals surface area contributed by atoms with Crippen LogP contribution in [-0.2, 0) is 20.0 Å². The van der Waals surface area contributed by atoms with Gasteiger partial charge >= 0.3 is 0 Å². The number of nitrogens with zero attached hydrogens (tertiary/aromatic N) is 2. The zero-order chi connectivity index (χ0) is 15.7. The fourth-order valence-corrected chi connectivity index (χ4v) is 2.91. The van der Waals surface area contributed by atoms with Crippen LogP contribution in [0.3, 0.4) is 0 Å². The van der Waals surface area contributed by atoms with Gasteiger partial charge in [-0.05, 0) is 18.2 Å². The van der Waals surface area contributed by atoms with Gasteiger partial charge in [-0.2, -0.15) is 0 Å². The molecule has 1 aromatic carbocycles. The van der Waals surface area contributed by atoms with Gasteiger partial charge in [-0.1, -0.05) is 6.07 Å². The van der Waals surface area contributed by atoms with Crippen LogP contribution in [0, 0.1) is 0 Å². The molecule has 9 nitrogen and oxygen atoms in total. The lowest BCUT2D eigenvalue weighted by Gasteiger charge is -2.08. The zero-order valence-corrected chi connectivity index (χ0v) is 12.1. The van der Waals surface area contributed by atoms with E-state index in [2.05, 4.69) is 14.7 Å². The third-order valence-corrected chi connectivity index (χ3v) is 4.62. The molecule has 0 aliphatic rings. The minimum atomic E-state index is -3.96. The van der Waals surface area contributed by atoms with Crippen molar-refractivity contribution in [3.8, 4) is 0 Å². The Hall–Kier alpha value is -2.24. The summed E-state index contributed by atoms with van der Waals surface area (Å²) < 4.78 is 48.8. The smallest absolute Gasteiger partial charge is 0.264 e. The van der Waals surface area contributed by atoms with E-state index < -0.39 is 20.0 Å². The van der Waals surface area contributed by atoms with E-state index in [9.17, 15) is 16.8 Å². The normalized spacial score (nSPS) is 12.0. The van der Waals surface area contributed by atoms with E-state index in [0.29, 0.717) is 0 Å². The molecule has 5 N–H and O–H groups in total. The fraction of sp³-hybridized carbons (Fsp3) is 0. The van der Waals surface area contributed by atoms with E-state index in [1.807, 2.05) is 0 Å². The summed E-state index contributed by atoms with van der Waals surface area (Å²) in [7, 11) is -7.89. The molecule has 2 aromatic rings. The van der Waals surface area contributed by atoms with E-state index in [0.717, 1.165) is 18.5 Å². The SMILES string of the molecule is Nc1ncc(S(=O)(=O)Nc2cccc(S(N)(=O)=O)c2)cn1. The molecule has 1 heterocycles. The van der Waals surface area contributed by atoms with Gasteiger partial charge in [0.05, 0.1) is 23.0 Å². The number of anilines is 2. The first-order valence-corrected chi connectivity index (χ1v) is 8.45. The summed E-state index contributed by atoms with van der Waals surface area (Å²) in [5, 5.41) is 4.98.